The third kappa shape index (κ3) is 4.24. The Kier molecular flexibility index (Phi) is 5.90. The summed E-state index contributed by atoms with van der Waals surface area (Å²) in [5, 5.41) is 0.301. The molecule has 29 heavy (non-hydrogen) atoms. The fourth-order valence-electron chi connectivity index (χ4n) is 3.71. The van der Waals surface area contributed by atoms with Gasteiger partial charge in [-0.25, -0.2) is 4.90 Å². The van der Waals surface area contributed by atoms with E-state index in [2.05, 4.69) is 32.9 Å². The molecule has 2 aromatic carbocycles. The number of rotatable bonds is 3. The lowest BCUT2D eigenvalue weighted by atomic mass is 9.84. The first-order chi connectivity index (χ1) is 13.4. The van der Waals surface area contributed by atoms with Gasteiger partial charge >= 0.3 is 0 Å². The summed E-state index contributed by atoms with van der Waals surface area (Å²) in [6.45, 7) is 14.4. The van der Waals surface area contributed by atoms with E-state index in [0.717, 1.165) is 32.8 Å². The molecule has 1 heterocycles. The molecule has 0 bridgehead atoms. The van der Waals surface area contributed by atoms with Gasteiger partial charge in [0, 0.05) is 16.3 Å². The van der Waals surface area contributed by atoms with Gasteiger partial charge in [0.25, 0.3) is 0 Å². The summed E-state index contributed by atoms with van der Waals surface area (Å²) >= 11 is 7.66. The predicted octanol–water partition coefficient (Wildman–Crippen LogP) is 6.30. The molecule has 2 aromatic rings. The SMILES string of the molecule is Cc1cc(S[C@@H]2CC(=O)N(c3c(C)cc(C(C)(C)C)cc3C)C2=O)c(C)cc1Cl. The van der Waals surface area contributed by atoms with E-state index in [1.54, 1.807) is 0 Å². The molecule has 0 aromatic heterocycles. The number of nitrogens with zero attached hydrogens (tertiary/aromatic N) is 1. The van der Waals surface area contributed by atoms with E-state index in [4.69, 9.17) is 11.6 Å². The number of aryl methyl sites for hydroxylation is 4. The van der Waals surface area contributed by atoms with E-state index in [1.807, 2.05) is 39.8 Å². The van der Waals surface area contributed by atoms with Gasteiger partial charge in [-0.3, -0.25) is 9.59 Å². The molecule has 5 heteroatoms. The second kappa shape index (κ2) is 7.81. The smallest absolute Gasteiger partial charge is 0.247 e. The van der Waals surface area contributed by atoms with Crippen LogP contribution in [0.25, 0.3) is 0 Å². The van der Waals surface area contributed by atoms with Crippen LogP contribution in [-0.4, -0.2) is 17.1 Å². The van der Waals surface area contributed by atoms with Gasteiger partial charge in [-0.2, -0.15) is 0 Å². The van der Waals surface area contributed by atoms with Crippen LogP contribution in [0, 0.1) is 27.7 Å². The zero-order chi connectivity index (χ0) is 21.7. The minimum Gasteiger partial charge on any atom is -0.274 e. The van der Waals surface area contributed by atoms with E-state index < -0.39 is 5.25 Å². The molecule has 1 aliphatic rings. The third-order valence-electron chi connectivity index (χ3n) is 5.41. The van der Waals surface area contributed by atoms with Crippen molar-refractivity contribution in [3.05, 3.63) is 57.1 Å². The zero-order valence-electron chi connectivity index (χ0n) is 18.1. The summed E-state index contributed by atoms with van der Waals surface area (Å²) in [5.41, 5.74) is 5.86. The Morgan fingerprint density at radius 3 is 2.07 bits per heavy atom. The van der Waals surface area contributed by atoms with Gasteiger partial charge in [-0.15, -0.1) is 11.8 Å². The van der Waals surface area contributed by atoms with Gasteiger partial charge in [0.1, 0.15) is 0 Å². The zero-order valence-corrected chi connectivity index (χ0v) is 19.7. The first-order valence-corrected chi connectivity index (χ1v) is 11.1. The van der Waals surface area contributed by atoms with Gasteiger partial charge in [0.2, 0.25) is 11.8 Å². The first-order valence-electron chi connectivity index (χ1n) is 9.82. The number of thioether (sulfide) groups is 1. The molecule has 0 spiro atoms. The quantitative estimate of drug-likeness (QED) is 0.537. The average Bonchev–Trinajstić information content (AvgIpc) is 2.86. The highest BCUT2D eigenvalue weighted by Gasteiger charge is 2.41. The molecule has 0 N–H and O–H groups in total. The van der Waals surface area contributed by atoms with Gasteiger partial charge in [0.15, 0.2) is 0 Å². The van der Waals surface area contributed by atoms with Gasteiger partial charge in [-0.05, 0) is 73.1 Å². The fraction of sp³-hybridized carbons (Fsp3) is 0.417. The van der Waals surface area contributed by atoms with Crippen LogP contribution < -0.4 is 4.90 Å². The molecule has 1 aliphatic heterocycles. The second-order valence-electron chi connectivity index (χ2n) is 8.95. The molecular formula is C24H28ClNO2S. The van der Waals surface area contributed by atoms with Crippen molar-refractivity contribution >= 4 is 40.9 Å². The number of carbonyl (C=O) groups excluding carboxylic acids is 2. The summed E-state index contributed by atoms with van der Waals surface area (Å²) in [6, 6.07) is 8.10. The van der Waals surface area contributed by atoms with Crippen LogP contribution in [0.2, 0.25) is 5.02 Å². The molecule has 0 aliphatic carbocycles. The normalized spacial score (nSPS) is 17.4. The van der Waals surface area contributed by atoms with Crippen molar-refractivity contribution in [1.82, 2.24) is 0 Å². The Morgan fingerprint density at radius 1 is 0.931 bits per heavy atom. The van der Waals surface area contributed by atoms with Crippen LogP contribution in [0.4, 0.5) is 5.69 Å². The lowest BCUT2D eigenvalue weighted by Gasteiger charge is -2.25. The number of benzene rings is 2. The largest absolute Gasteiger partial charge is 0.274 e. The summed E-state index contributed by atoms with van der Waals surface area (Å²) < 4.78 is 0. The first kappa shape index (κ1) is 21.9. The van der Waals surface area contributed by atoms with Crippen molar-refractivity contribution < 1.29 is 9.59 Å². The Morgan fingerprint density at radius 2 is 1.52 bits per heavy atom. The molecule has 0 radical (unpaired) electrons. The molecule has 1 atom stereocenters. The highest BCUT2D eigenvalue weighted by Crippen LogP contribution is 2.39. The molecule has 154 valence electrons. The van der Waals surface area contributed by atoms with Crippen LogP contribution in [0.1, 0.15) is 55.0 Å². The lowest BCUT2D eigenvalue weighted by molar-refractivity contribution is -0.121. The number of amides is 2. The molecule has 1 fully saturated rings. The summed E-state index contributed by atoms with van der Waals surface area (Å²) in [4.78, 5) is 28.5. The Balaban J connectivity index is 1.93. The number of hydrogen-bond donors (Lipinski definition) is 0. The van der Waals surface area contributed by atoms with Crippen LogP contribution in [0.5, 0.6) is 0 Å². The Bertz CT molecular complexity index is 984. The monoisotopic (exact) mass is 429 g/mol. The number of hydrogen-bond acceptors (Lipinski definition) is 3. The molecule has 0 unspecified atom stereocenters. The molecular weight excluding hydrogens is 402 g/mol. The van der Waals surface area contributed by atoms with Crippen molar-refractivity contribution in [2.45, 2.75) is 70.4 Å². The van der Waals surface area contributed by atoms with E-state index in [-0.39, 0.29) is 23.7 Å². The van der Waals surface area contributed by atoms with Crippen molar-refractivity contribution in [2.75, 3.05) is 4.90 Å². The number of imide groups is 1. The van der Waals surface area contributed by atoms with Crippen LogP contribution in [0.3, 0.4) is 0 Å². The van der Waals surface area contributed by atoms with Crippen LogP contribution in [-0.2, 0) is 15.0 Å². The maximum atomic E-state index is 13.2. The number of carbonyl (C=O) groups is 2. The predicted molar refractivity (Wildman–Crippen MR) is 122 cm³/mol. The Hall–Kier alpha value is -1.78. The van der Waals surface area contributed by atoms with Gasteiger partial charge in [0.05, 0.1) is 10.9 Å². The van der Waals surface area contributed by atoms with Crippen molar-refractivity contribution in [2.24, 2.45) is 0 Å². The lowest BCUT2D eigenvalue weighted by Crippen LogP contribution is -2.32. The highest BCUT2D eigenvalue weighted by molar-refractivity contribution is 8.00. The standard InChI is InChI=1S/C24H28ClNO2S/c1-13-11-19(14(2)10-18(13)25)29-20-12-21(27)26(23(20)28)22-15(3)8-17(9-16(22)4)24(5,6)7/h8-11,20H,12H2,1-7H3/t20-/m1/s1. The van der Waals surface area contributed by atoms with Crippen molar-refractivity contribution in [3.63, 3.8) is 0 Å². The second-order valence-corrected chi connectivity index (χ2v) is 10.6. The third-order valence-corrected chi connectivity index (χ3v) is 7.17. The molecule has 0 saturated carbocycles. The minimum atomic E-state index is -0.414. The van der Waals surface area contributed by atoms with Crippen molar-refractivity contribution in [3.8, 4) is 0 Å². The van der Waals surface area contributed by atoms with E-state index >= 15 is 0 Å². The topological polar surface area (TPSA) is 37.4 Å². The van der Waals surface area contributed by atoms with Crippen molar-refractivity contribution in [1.29, 1.82) is 0 Å². The Labute approximate surface area is 182 Å². The fourth-order valence-corrected chi connectivity index (χ4v) is 5.15. The van der Waals surface area contributed by atoms with E-state index in [1.165, 1.54) is 22.2 Å². The van der Waals surface area contributed by atoms with Crippen LogP contribution >= 0.6 is 23.4 Å². The maximum absolute atomic E-state index is 13.2. The minimum absolute atomic E-state index is 0.00936. The van der Waals surface area contributed by atoms with Gasteiger partial charge < -0.3 is 0 Å². The molecule has 3 nitrogen and oxygen atoms in total. The maximum Gasteiger partial charge on any atom is 0.247 e. The summed E-state index contributed by atoms with van der Waals surface area (Å²) in [5.74, 6) is -0.271. The van der Waals surface area contributed by atoms with Gasteiger partial charge in [-0.1, -0.05) is 44.5 Å². The number of anilines is 1. The summed E-state index contributed by atoms with van der Waals surface area (Å²) in [7, 11) is 0. The highest BCUT2D eigenvalue weighted by atomic mass is 35.5. The average molecular weight is 430 g/mol. The molecule has 3 rings (SSSR count). The molecule has 1 saturated heterocycles. The summed E-state index contributed by atoms with van der Waals surface area (Å²) in [6.07, 6.45) is 0.213. The van der Waals surface area contributed by atoms with E-state index in [0.29, 0.717) is 5.02 Å². The van der Waals surface area contributed by atoms with Crippen LogP contribution in [0.15, 0.2) is 29.2 Å². The number of halogens is 1. The molecule has 2 amide bonds. The van der Waals surface area contributed by atoms with E-state index in [9.17, 15) is 9.59 Å².